The Hall–Kier alpha value is -2.21. The zero-order valence-corrected chi connectivity index (χ0v) is 13.2. The molecule has 23 heavy (non-hydrogen) atoms. The third kappa shape index (κ3) is 3.27. The Labute approximate surface area is 135 Å². The second-order valence-electron chi connectivity index (χ2n) is 6.47. The van der Waals surface area contributed by atoms with E-state index in [4.69, 9.17) is 0 Å². The molecular weight excluding hydrogens is 292 g/mol. The molecule has 1 saturated carbocycles. The van der Waals surface area contributed by atoms with Crippen LogP contribution >= 0.6 is 0 Å². The van der Waals surface area contributed by atoms with Gasteiger partial charge in [0.05, 0.1) is 29.3 Å². The third-order valence-corrected chi connectivity index (χ3v) is 4.74. The summed E-state index contributed by atoms with van der Waals surface area (Å²) in [6.45, 7) is 2.49. The van der Waals surface area contributed by atoms with Gasteiger partial charge in [-0.05, 0) is 25.0 Å². The first-order valence-corrected chi connectivity index (χ1v) is 8.01. The average molecular weight is 314 g/mol. The number of H-pyrrole nitrogens is 1. The lowest BCUT2D eigenvalue weighted by Crippen LogP contribution is -2.45. The van der Waals surface area contributed by atoms with Gasteiger partial charge in [-0.1, -0.05) is 25.8 Å². The summed E-state index contributed by atoms with van der Waals surface area (Å²) in [6.07, 6.45) is 6.70. The summed E-state index contributed by atoms with van der Waals surface area (Å²) >= 11 is 0. The maximum absolute atomic E-state index is 12.5. The molecule has 0 spiro atoms. The number of nitrogens with zero attached hydrogens (tertiary/aromatic N) is 2. The molecule has 1 aliphatic carbocycles. The lowest BCUT2D eigenvalue weighted by Gasteiger charge is -2.38. The van der Waals surface area contributed by atoms with Gasteiger partial charge in [-0.25, -0.2) is 0 Å². The first-order valence-electron chi connectivity index (χ1n) is 8.01. The van der Waals surface area contributed by atoms with E-state index in [1.54, 1.807) is 6.20 Å². The Kier molecular flexibility index (Phi) is 4.43. The summed E-state index contributed by atoms with van der Waals surface area (Å²) in [4.78, 5) is 16.8. The van der Waals surface area contributed by atoms with E-state index in [1.807, 2.05) is 25.1 Å². The van der Waals surface area contributed by atoms with Crippen LogP contribution in [0.25, 0.3) is 11.4 Å². The molecule has 1 amide bonds. The van der Waals surface area contributed by atoms with Crippen LogP contribution in [0.2, 0.25) is 0 Å². The van der Waals surface area contributed by atoms with E-state index in [-0.39, 0.29) is 17.4 Å². The van der Waals surface area contributed by atoms with Crippen molar-refractivity contribution in [2.24, 2.45) is 5.41 Å². The van der Waals surface area contributed by atoms with E-state index in [9.17, 15) is 9.90 Å². The highest BCUT2D eigenvalue weighted by Crippen LogP contribution is 2.35. The van der Waals surface area contributed by atoms with Crippen LogP contribution in [0.15, 0.2) is 30.6 Å². The molecule has 1 fully saturated rings. The van der Waals surface area contributed by atoms with Crippen LogP contribution in [0.1, 0.15) is 43.0 Å². The summed E-state index contributed by atoms with van der Waals surface area (Å²) in [5, 5.41) is 20.0. The lowest BCUT2D eigenvalue weighted by atomic mass is 9.73. The minimum atomic E-state index is -0.365. The molecule has 1 aliphatic rings. The fourth-order valence-corrected chi connectivity index (χ4v) is 3.13. The molecule has 3 rings (SSSR count). The van der Waals surface area contributed by atoms with Gasteiger partial charge in [-0.15, -0.1) is 0 Å². The molecular formula is C17H22N4O2. The molecule has 0 radical (unpaired) electrons. The van der Waals surface area contributed by atoms with E-state index in [0.29, 0.717) is 23.5 Å². The Morgan fingerprint density at radius 3 is 3.09 bits per heavy atom. The van der Waals surface area contributed by atoms with Crippen LogP contribution < -0.4 is 5.32 Å². The van der Waals surface area contributed by atoms with Crippen molar-refractivity contribution >= 4 is 5.91 Å². The lowest BCUT2D eigenvalue weighted by molar-refractivity contribution is 0.00191. The fourth-order valence-electron chi connectivity index (χ4n) is 3.13. The highest BCUT2D eigenvalue weighted by atomic mass is 16.3. The number of carbonyl (C=O) groups is 1. The predicted octanol–water partition coefficient (Wildman–Crippen LogP) is 2.14. The number of nitrogens with one attached hydrogen (secondary N) is 2. The molecule has 6 heteroatoms. The number of aromatic nitrogens is 3. The van der Waals surface area contributed by atoms with Crippen LogP contribution in [0.5, 0.6) is 0 Å². The first kappa shape index (κ1) is 15.7. The molecule has 6 nitrogen and oxygen atoms in total. The van der Waals surface area contributed by atoms with Crippen molar-refractivity contribution < 1.29 is 9.90 Å². The molecule has 2 unspecified atom stereocenters. The van der Waals surface area contributed by atoms with Crippen molar-refractivity contribution in [1.82, 2.24) is 20.5 Å². The van der Waals surface area contributed by atoms with Gasteiger partial charge in [-0.3, -0.25) is 14.9 Å². The van der Waals surface area contributed by atoms with E-state index < -0.39 is 0 Å². The molecule has 0 aromatic carbocycles. The van der Waals surface area contributed by atoms with Crippen LogP contribution in [0.4, 0.5) is 0 Å². The van der Waals surface area contributed by atoms with Gasteiger partial charge < -0.3 is 10.4 Å². The molecule has 0 saturated heterocycles. The van der Waals surface area contributed by atoms with Crippen molar-refractivity contribution in [3.05, 3.63) is 36.2 Å². The minimum Gasteiger partial charge on any atom is -0.392 e. The van der Waals surface area contributed by atoms with Crippen LogP contribution in [-0.2, 0) is 0 Å². The highest BCUT2D eigenvalue weighted by molar-refractivity contribution is 5.99. The van der Waals surface area contributed by atoms with Crippen molar-refractivity contribution in [3.63, 3.8) is 0 Å². The minimum absolute atomic E-state index is 0.196. The normalized spacial score (nSPS) is 24.3. The molecule has 3 N–H and O–H groups in total. The topological polar surface area (TPSA) is 90.9 Å². The molecule has 2 atom stereocenters. The number of hydrogen-bond donors (Lipinski definition) is 3. The van der Waals surface area contributed by atoms with Gasteiger partial charge in [0.15, 0.2) is 0 Å². The Balaban J connectivity index is 1.71. The largest absolute Gasteiger partial charge is 0.392 e. The van der Waals surface area contributed by atoms with Crippen molar-refractivity contribution in [2.45, 2.75) is 38.7 Å². The van der Waals surface area contributed by atoms with Gasteiger partial charge in [0.2, 0.25) is 0 Å². The van der Waals surface area contributed by atoms with Crippen LogP contribution in [0.3, 0.4) is 0 Å². The van der Waals surface area contributed by atoms with Crippen molar-refractivity contribution in [3.8, 4) is 11.4 Å². The second-order valence-corrected chi connectivity index (χ2v) is 6.47. The number of pyridine rings is 1. The second kappa shape index (κ2) is 6.50. The molecule has 2 aromatic heterocycles. The Morgan fingerprint density at radius 2 is 2.35 bits per heavy atom. The number of carbonyl (C=O) groups excluding carboxylic acids is 1. The standard InChI is InChI=1S/C17H22N4O2/c1-17(8-4-2-7-14(17)22)11-19-16(23)12-10-20-21-15(12)13-6-3-5-9-18-13/h3,5-6,9-10,14,22H,2,4,7-8,11H2,1H3,(H,19,23)(H,20,21). The van der Waals surface area contributed by atoms with Crippen LogP contribution in [-0.4, -0.2) is 38.8 Å². The Bertz CT molecular complexity index is 670. The van der Waals surface area contributed by atoms with Crippen molar-refractivity contribution in [2.75, 3.05) is 6.54 Å². The number of amides is 1. The monoisotopic (exact) mass is 314 g/mol. The Morgan fingerprint density at radius 1 is 1.48 bits per heavy atom. The highest BCUT2D eigenvalue weighted by Gasteiger charge is 2.35. The van der Waals surface area contributed by atoms with E-state index in [0.717, 1.165) is 25.7 Å². The number of hydrogen-bond acceptors (Lipinski definition) is 4. The quantitative estimate of drug-likeness (QED) is 0.806. The molecule has 2 heterocycles. The molecule has 2 aromatic rings. The van der Waals surface area contributed by atoms with Crippen LogP contribution in [0, 0.1) is 5.41 Å². The summed E-state index contributed by atoms with van der Waals surface area (Å²) in [5.74, 6) is -0.196. The van der Waals surface area contributed by atoms with E-state index in [1.165, 1.54) is 6.20 Å². The summed E-state index contributed by atoms with van der Waals surface area (Å²) in [7, 11) is 0. The molecule has 122 valence electrons. The molecule has 0 aliphatic heterocycles. The summed E-state index contributed by atoms with van der Waals surface area (Å²) in [5.41, 5.74) is 1.50. The number of aromatic amines is 1. The predicted molar refractivity (Wildman–Crippen MR) is 86.7 cm³/mol. The number of rotatable bonds is 4. The SMILES string of the molecule is CC1(CNC(=O)c2cn[nH]c2-c2ccccn2)CCCCC1O. The maximum Gasteiger partial charge on any atom is 0.255 e. The van der Waals surface area contributed by atoms with Gasteiger partial charge in [0.25, 0.3) is 5.91 Å². The van der Waals surface area contributed by atoms with Gasteiger partial charge >= 0.3 is 0 Å². The average Bonchev–Trinajstić information content (AvgIpc) is 3.06. The summed E-state index contributed by atoms with van der Waals surface area (Å²) < 4.78 is 0. The van der Waals surface area contributed by atoms with E-state index >= 15 is 0 Å². The number of aliphatic hydroxyl groups is 1. The maximum atomic E-state index is 12.5. The van der Waals surface area contributed by atoms with Crippen molar-refractivity contribution in [1.29, 1.82) is 0 Å². The smallest absolute Gasteiger partial charge is 0.255 e. The fraction of sp³-hybridized carbons (Fsp3) is 0.471. The first-order chi connectivity index (χ1) is 11.1. The van der Waals surface area contributed by atoms with Gasteiger partial charge in [0.1, 0.15) is 0 Å². The molecule has 0 bridgehead atoms. The zero-order chi connectivity index (χ0) is 16.3. The zero-order valence-electron chi connectivity index (χ0n) is 13.2. The van der Waals surface area contributed by atoms with Gasteiger partial charge in [0, 0.05) is 18.2 Å². The summed E-state index contributed by atoms with van der Waals surface area (Å²) in [6, 6.07) is 5.52. The van der Waals surface area contributed by atoms with Gasteiger partial charge in [-0.2, -0.15) is 5.10 Å². The van der Waals surface area contributed by atoms with E-state index in [2.05, 4.69) is 20.5 Å². The third-order valence-electron chi connectivity index (χ3n) is 4.74. The number of aliphatic hydroxyl groups excluding tert-OH is 1.